The van der Waals surface area contributed by atoms with Crippen molar-refractivity contribution < 1.29 is 14.3 Å². The van der Waals surface area contributed by atoms with Gasteiger partial charge in [-0.1, -0.05) is 18.5 Å². The van der Waals surface area contributed by atoms with E-state index in [0.29, 0.717) is 28.7 Å². The lowest BCUT2D eigenvalue weighted by molar-refractivity contribution is 0.0961. The number of hydrogen-bond donors (Lipinski definition) is 0. The van der Waals surface area contributed by atoms with Crippen LogP contribution in [-0.4, -0.2) is 22.2 Å². The van der Waals surface area contributed by atoms with Crippen LogP contribution in [0.4, 0.5) is 0 Å². The van der Waals surface area contributed by atoms with Gasteiger partial charge in [-0.3, -0.25) is 9.48 Å². The largest absolute Gasteiger partial charge is 0.487 e. The van der Waals surface area contributed by atoms with Crippen LogP contribution in [0.3, 0.4) is 0 Å². The van der Waals surface area contributed by atoms with Crippen molar-refractivity contribution in [1.29, 1.82) is 0 Å². The van der Waals surface area contributed by atoms with Crippen molar-refractivity contribution >= 4 is 17.4 Å². The predicted octanol–water partition coefficient (Wildman–Crippen LogP) is 2.79. The maximum absolute atomic E-state index is 11.5. The number of nitrogens with zero attached hydrogens (tertiary/aromatic N) is 2. The molecule has 3 rings (SSSR count). The molecule has 5 nitrogen and oxygen atoms in total. The van der Waals surface area contributed by atoms with Crippen molar-refractivity contribution in [3.63, 3.8) is 0 Å². The van der Waals surface area contributed by atoms with Gasteiger partial charge in [0.05, 0.1) is 22.0 Å². The molecule has 0 spiro atoms. The maximum atomic E-state index is 11.5. The maximum Gasteiger partial charge on any atom is 0.203 e. The fourth-order valence-electron chi connectivity index (χ4n) is 2.29. The molecular formula is C15H15ClN2O3. The van der Waals surface area contributed by atoms with Crippen molar-refractivity contribution in [2.24, 2.45) is 7.05 Å². The number of rotatable bonds is 4. The number of benzene rings is 1. The Morgan fingerprint density at radius 2 is 2.29 bits per heavy atom. The van der Waals surface area contributed by atoms with Crippen molar-refractivity contribution in [2.75, 3.05) is 6.61 Å². The molecule has 1 aromatic carbocycles. The molecule has 0 N–H and O–H groups in total. The van der Waals surface area contributed by atoms with Crippen molar-refractivity contribution in [3.05, 3.63) is 40.2 Å². The summed E-state index contributed by atoms with van der Waals surface area (Å²) in [5.41, 5.74) is 2.29. The minimum Gasteiger partial charge on any atom is -0.487 e. The van der Waals surface area contributed by atoms with Gasteiger partial charge >= 0.3 is 0 Å². The molecule has 21 heavy (non-hydrogen) atoms. The van der Waals surface area contributed by atoms with Crippen LogP contribution in [0, 0.1) is 0 Å². The van der Waals surface area contributed by atoms with E-state index in [0.717, 1.165) is 17.8 Å². The van der Waals surface area contributed by atoms with E-state index in [-0.39, 0.29) is 12.4 Å². The summed E-state index contributed by atoms with van der Waals surface area (Å²) < 4.78 is 12.8. The minimum absolute atomic E-state index is 0.00110. The molecule has 0 amide bonds. The van der Waals surface area contributed by atoms with Gasteiger partial charge in [-0.15, -0.1) is 0 Å². The van der Waals surface area contributed by atoms with Crippen molar-refractivity contribution in [2.45, 2.75) is 20.0 Å². The fourth-order valence-corrected chi connectivity index (χ4v) is 2.64. The molecule has 0 unspecified atom stereocenters. The van der Waals surface area contributed by atoms with Gasteiger partial charge in [-0.05, 0) is 18.6 Å². The Morgan fingerprint density at radius 1 is 1.48 bits per heavy atom. The molecule has 0 atom stereocenters. The second-order valence-electron chi connectivity index (χ2n) is 4.84. The summed E-state index contributed by atoms with van der Waals surface area (Å²) in [6, 6.07) is 5.21. The van der Waals surface area contributed by atoms with E-state index in [1.807, 2.05) is 14.0 Å². The number of hydrogen-bond acceptors (Lipinski definition) is 4. The van der Waals surface area contributed by atoms with Crippen LogP contribution in [-0.2, 0) is 20.1 Å². The number of fused-ring (bicyclic) bond motifs is 1. The lowest BCUT2D eigenvalue weighted by atomic mass is 10.1. The van der Waals surface area contributed by atoms with Gasteiger partial charge in [0, 0.05) is 13.1 Å². The van der Waals surface area contributed by atoms with E-state index in [1.165, 1.54) is 0 Å². The molecule has 1 aliphatic rings. The van der Waals surface area contributed by atoms with Crippen LogP contribution >= 0.6 is 11.6 Å². The molecule has 6 heteroatoms. The Balaban J connectivity index is 1.77. The lowest BCUT2D eigenvalue weighted by Gasteiger charge is -2.08. The average molecular weight is 307 g/mol. The third-order valence-electron chi connectivity index (χ3n) is 3.49. The van der Waals surface area contributed by atoms with E-state index in [1.54, 1.807) is 22.9 Å². The van der Waals surface area contributed by atoms with Crippen LogP contribution < -0.4 is 9.47 Å². The highest BCUT2D eigenvalue weighted by atomic mass is 35.5. The van der Waals surface area contributed by atoms with Gasteiger partial charge < -0.3 is 9.47 Å². The summed E-state index contributed by atoms with van der Waals surface area (Å²) in [6.45, 7) is 2.43. The normalized spacial score (nSPS) is 13.2. The van der Waals surface area contributed by atoms with E-state index in [4.69, 9.17) is 21.1 Å². The molecule has 2 heterocycles. The Labute approximate surface area is 127 Å². The molecule has 1 aliphatic heterocycles. The topological polar surface area (TPSA) is 53.4 Å². The lowest BCUT2D eigenvalue weighted by Crippen LogP contribution is -2.03. The monoisotopic (exact) mass is 306 g/mol. The first kappa shape index (κ1) is 13.9. The summed E-state index contributed by atoms with van der Waals surface area (Å²) >= 11 is 6.28. The van der Waals surface area contributed by atoms with Gasteiger partial charge in [-0.2, -0.15) is 5.10 Å². The number of ether oxygens (including phenoxy) is 2. The van der Waals surface area contributed by atoms with Crippen molar-refractivity contribution in [3.8, 4) is 11.5 Å². The van der Waals surface area contributed by atoms with Crippen LogP contribution in [0.25, 0.3) is 0 Å². The third kappa shape index (κ3) is 2.49. The Bertz CT molecular complexity index is 709. The number of ketones is 1. The molecule has 110 valence electrons. The first-order valence-corrected chi connectivity index (χ1v) is 7.11. The summed E-state index contributed by atoms with van der Waals surface area (Å²) in [7, 11) is 1.84. The number of Topliss-reactive ketones (excluding diaryl/α,β-unsaturated/α-hetero) is 1. The highest BCUT2D eigenvalue weighted by Crippen LogP contribution is 2.30. The summed E-state index contributed by atoms with van der Waals surface area (Å²) in [4.78, 5) is 11.5. The zero-order chi connectivity index (χ0) is 15.0. The number of aromatic nitrogens is 2. The second kappa shape index (κ2) is 5.41. The zero-order valence-corrected chi connectivity index (χ0v) is 12.6. The molecule has 1 aromatic heterocycles. The van der Waals surface area contributed by atoms with E-state index >= 15 is 0 Å². The summed E-state index contributed by atoms with van der Waals surface area (Å²) in [6.07, 6.45) is 0.779. The van der Waals surface area contributed by atoms with Gasteiger partial charge in [0.2, 0.25) is 5.78 Å². The first-order valence-electron chi connectivity index (χ1n) is 6.73. The molecule has 0 fully saturated rings. The molecule has 2 aromatic rings. The highest BCUT2D eigenvalue weighted by Gasteiger charge is 2.21. The summed E-state index contributed by atoms with van der Waals surface area (Å²) in [5, 5.41) is 4.99. The number of aryl methyl sites for hydroxylation is 2. The average Bonchev–Trinajstić information content (AvgIpc) is 2.98. The van der Waals surface area contributed by atoms with E-state index in [2.05, 4.69) is 5.10 Å². The summed E-state index contributed by atoms with van der Waals surface area (Å²) in [5.74, 6) is 1.21. The van der Waals surface area contributed by atoms with Gasteiger partial charge in [0.15, 0.2) is 6.61 Å². The van der Waals surface area contributed by atoms with Gasteiger partial charge in [0.1, 0.15) is 18.1 Å². The minimum atomic E-state index is -0.00110. The predicted molar refractivity (Wildman–Crippen MR) is 78.2 cm³/mol. The van der Waals surface area contributed by atoms with Crippen molar-refractivity contribution in [1.82, 2.24) is 9.78 Å². The zero-order valence-electron chi connectivity index (χ0n) is 11.9. The number of carbonyl (C=O) groups excluding carboxylic acids is 1. The molecule has 0 radical (unpaired) electrons. The molecule has 0 saturated carbocycles. The third-order valence-corrected chi connectivity index (χ3v) is 3.93. The van der Waals surface area contributed by atoms with E-state index in [9.17, 15) is 4.79 Å². The van der Waals surface area contributed by atoms with E-state index < -0.39 is 0 Å². The molecule has 0 aliphatic carbocycles. The smallest absolute Gasteiger partial charge is 0.203 e. The highest BCUT2D eigenvalue weighted by molar-refractivity contribution is 6.31. The standard InChI is InChI=1S/C15H15ClN2O3/c1-3-11-15(16)12(18(2)17-11)7-20-9-4-5-10-13(19)8-21-14(10)6-9/h4-6H,3,7-8H2,1-2H3. The van der Waals surface area contributed by atoms with Gasteiger partial charge in [-0.25, -0.2) is 0 Å². The molecule has 0 bridgehead atoms. The Hall–Kier alpha value is -2.01. The second-order valence-corrected chi connectivity index (χ2v) is 5.22. The van der Waals surface area contributed by atoms with Gasteiger partial charge in [0.25, 0.3) is 0 Å². The van der Waals surface area contributed by atoms with Crippen LogP contribution in [0.1, 0.15) is 28.7 Å². The first-order chi connectivity index (χ1) is 10.1. The van der Waals surface area contributed by atoms with Crippen LogP contribution in [0.2, 0.25) is 5.02 Å². The van der Waals surface area contributed by atoms with Crippen LogP contribution in [0.5, 0.6) is 11.5 Å². The number of halogens is 1. The SMILES string of the molecule is CCc1nn(C)c(COc2ccc3c(c2)OCC3=O)c1Cl. The number of carbonyl (C=O) groups is 1. The molecule has 0 saturated heterocycles. The Kier molecular flexibility index (Phi) is 3.59. The Morgan fingerprint density at radius 3 is 3.00 bits per heavy atom. The molecular weight excluding hydrogens is 292 g/mol. The quantitative estimate of drug-likeness (QED) is 0.871. The van der Waals surface area contributed by atoms with Crippen LogP contribution in [0.15, 0.2) is 18.2 Å². The fraction of sp³-hybridized carbons (Fsp3) is 0.333.